The van der Waals surface area contributed by atoms with Gasteiger partial charge in [0.1, 0.15) is 23.0 Å². The number of aromatic nitrogens is 2. The van der Waals surface area contributed by atoms with E-state index in [0.29, 0.717) is 5.75 Å². The second kappa shape index (κ2) is 10.1. The van der Waals surface area contributed by atoms with Gasteiger partial charge in [-0.05, 0) is 40.2 Å². The van der Waals surface area contributed by atoms with Gasteiger partial charge >= 0.3 is 15.8 Å². The van der Waals surface area contributed by atoms with E-state index in [0.717, 1.165) is 11.9 Å². The Morgan fingerprint density at radius 2 is 1.74 bits per heavy atom. The van der Waals surface area contributed by atoms with Crippen LogP contribution in [0.5, 0.6) is 23.1 Å². The number of benzene rings is 2. The maximum atomic E-state index is 13.2. The molecule has 0 saturated heterocycles. The predicted octanol–water partition coefficient (Wildman–Crippen LogP) is 3.97. The normalized spacial score (nSPS) is 11.7. The van der Waals surface area contributed by atoms with Crippen LogP contribution in [-0.4, -0.2) is 42.7 Å². The summed E-state index contributed by atoms with van der Waals surface area (Å²) < 4.78 is 43.0. The molecule has 3 rings (SSSR count). The van der Waals surface area contributed by atoms with Crippen molar-refractivity contribution in [3.63, 3.8) is 0 Å². The zero-order valence-electron chi connectivity index (χ0n) is 19.4. The van der Waals surface area contributed by atoms with Crippen molar-refractivity contribution in [3.8, 4) is 23.1 Å². The van der Waals surface area contributed by atoms with E-state index < -0.39 is 15.8 Å². The van der Waals surface area contributed by atoms with Gasteiger partial charge in [0.05, 0.1) is 7.11 Å². The summed E-state index contributed by atoms with van der Waals surface area (Å²) in [4.78, 5) is 7.84. The maximum absolute atomic E-state index is 13.2. The highest BCUT2D eigenvalue weighted by molar-refractivity contribution is 7.85. The summed E-state index contributed by atoms with van der Waals surface area (Å²) in [5, 5.41) is 0. The summed E-state index contributed by atoms with van der Waals surface area (Å²) in [6, 6.07) is 12.8. The Balaban J connectivity index is 2.05. The average molecular weight is 486 g/mol. The molecule has 34 heavy (non-hydrogen) atoms. The zero-order chi connectivity index (χ0) is 24.9. The van der Waals surface area contributed by atoms with E-state index >= 15 is 0 Å². The highest BCUT2D eigenvalue weighted by Crippen LogP contribution is 2.39. The van der Waals surface area contributed by atoms with E-state index in [1.807, 2.05) is 20.8 Å². The summed E-state index contributed by atoms with van der Waals surface area (Å²) in [6.07, 6.45) is 1.06. The smallest absolute Gasteiger partial charge is 0.374 e. The number of methoxy groups -OCH3 is 1. The molecule has 1 aromatic heterocycles. The second-order valence-corrected chi connectivity index (χ2v) is 10.0. The molecular formula is C23H27N5O5S. The lowest BCUT2D eigenvalue weighted by atomic mass is 9.87. The van der Waals surface area contributed by atoms with Gasteiger partial charge in [-0.3, -0.25) is 0 Å². The first-order valence-electron chi connectivity index (χ1n) is 10.4. The Bertz CT molecular complexity index is 1270. The first-order chi connectivity index (χ1) is 16.1. The third-order valence-electron chi connectivity index (χ3n) is 4.80. The molecule has 3 aromatic rings. The fourth-order valence-electron chi connectivity index (χ4n) is 2.96. The Morgan fingerprint density at radius 3 is 2.35 bits per heavy atom. The lowest BCUT2D eigenvalue weighted by Crippen LogP contribution is -2.17. The van der Waals surface area contributed by atoms with Crippen LogP contribution in [0.1, 0.15) is 26.3 Å². The lowest BCUT2D eigenvalue weighted by Gasteiger charge is -2.19. The molecule has 0 fully saturated rings. The van der Waals surface area contributed by atoms with E-state index in [-0.39, 0.29) is 44.9 Å². The van der Waals surface area contributed by atoms with Gasteiger partial charge in [0.25, 0.3) is 11.6 Å². The van der Waals surface area contributed by atoms with Crippen LogP contribution in [0, 0.1) is 0 Å². The van der Waals surface area contributed by atoms with Gasteiger partial charge in [-0.25, -0.2) is 4.10 Å². The van der Waals surface area contributed by atoms with Crippen molar-refractivity contribution in [2.45, 2.75) is 31.1 Å². The monoisotopic (exact) mass is 485 g/mol. The molecule has 0 aliphatic heterocycles. The van der Waals surface area contributed by atoms with Crippen LogP contribution in [0.2, 0.25) is 0 Å². The van der Waals surface area contributed by atoms with Crippen LogP contribution in [-0.2, 0) is 15.4 Å². The maximum Gasteiger partial charge on any atom is 0.374 e. The number of rotatable bonds is 9. The minimum absolute atomic E-state index is 0.0472. The van der Waals surface area contributed by atoms with E-state index in [2.05, 4.69) is 9.97 Å². The van der Waals surface area contributed by atoms with Crippen molar-refractivity contribution >= 4 is 15.8 Å². The van der Waals surface area contributed by atoms with E-state index in [4.69, 9.17) is 19.9 Å². The standard InChI is InChI=1S/C23H27N5O5S/c1-23(2,3)16-8-10-19(11-9-16)34(29,30)28(25)21-20(22(27-15-26-21)32-13-12-24)33-18-7-5-6-17(14-18)31-4/h5-11,14-15H,12-13,24H2,1-4H3. The Kier molecular flexibility index (Phi) is 7.48. The fourth-order valence-corrected chi connectivity index (χ4v) is 3.99. The van der Waals surface area contributed by atoms with Gasteiger partial charge in [-0.1, -0.05) is 39.0 Å². The average Bonchev–Trinajstić information content (AvgIpc) is 2.82. The lowest BCUT2D eigenvalue weighted by molar-refractivity contribution is -0.293. The molecule has 10 nitrogen and oxygen atoms in total. The van der Waals surface area contributed by atoms with Crippen molar-refractivity contribution in [1.29, 1.82) is 0 Å². The summed E-state index contributed by atoms with van der Waals surface area (Å²) in [5.41, 5.74) is 17.1. The number of hydrogen-bond donors (Lipinski definition) is 1. The van der Waals surface area contributed by atoms with Gasteiger partial charge in [0.15, 0.2) is 0 Å². The molecule has 11 heteroatoms. The van der Waals surface area contributed by atoms with Gasteiger partial charge in [0.2, 0.25) is 6.33 Å². The first-order valence-corrected chi connectivity index (χ1v) is 11.9. The fraction of sp³-hybridized carbons (Fsp3) is 0.304. The molecule has 0 aliphatic rings. The molecule has 0 aliphatic carbocycles. The van der Waals surface area contributed by atoms with Crippen molar-refractivity contribution in [2.75, 3.05) is 20.3 Å². The van der Waals surface area contributed by atoms with E-state index in [1.165, 1.54) is 19.2 Å². The minimum Gasteiger partial charge on any atom is -0.594 e. The van der Waals surface area contributed by atoms with Crippen molar-refractivity contribution in [1.82, 2.24) is 9.97 Å². The molecular weight excluding hydrogens is 458 g/mol. The molecule has 1 heterocycles. The summed E-state index contributed by atoms with van der Waals surface area (Å²) >= 11 is 0. The topological polar surface area (TPSA) is 139 Å². The van der Waals surface area contributed by atoms with Gasteiger partial charge in [-0.2, -0.15) is 13.4 Å². The Labute approximate surface area is 198 Å². The number of sulfonamides is 1. The Hall–Kier alpha value is -3.57. The van der Waals surface area contributed by atoms with E-state index in [1.54, 1.807) is 36.4 Å². The molecule has 0 unspecified atom stereocenters. The third kappa shape index (κ3) is 5.49. The molecule has 0 bridgehead atoms. The number of ether oxygens (including phenoxy) is 3. The van der Waals surface area contributed by atoms with Crippen LogP contribution < -0.4 is 19.9 Å². The van der Waals surface area contributed by atoms with Gasteiger partial charge in [0, 0.05) is 12.6 Å². The van der Waals surface area contributed by atoms with Crippen LogP contribution in [0.15, 0.2) is 59.8 Å². The quantitative estimate of drug-likeness (QED) is 0.355. The zero-order valence-corrected chi connectivity index (χ0v) is 20.2. The van der Waals surface area contributed by atoms with Crippen LogP contribution in [0.25, 0.3) is 5.53 Å². The van der Waals surface area contributed by atoms with Crippen molar-refractivity contribution in [3.05, 3.63) is 66.0 Å². The third-order valence-corrected chi connectivity index (χ3v) is 6.29. The van der Waals surface area contributed by atoms with Gasteiger partial charge in [-0.15, -0.1) is 0 Å². The number of nitrogens with zero attached hydrogens (tertiary/aromatic N) is 4. The number of hydrogen-bond acceptors (Lipinski definition) is 8. The van der Waals surface area contributed by atoms with Crippen molar-refractivity contribution in [2.24, 2.45) is 5.73 Å². The highest BCUT2D eigenvalue weighted by atomic mass is 32.2. The molecule has 2 N–H and O–H groups in total. The predicted molar refractivity (Wildman–Crippen MR) is 125 cm³/mol. The first kappa shape index (κ1) is 25.1. The molecule has 0 radical (unpaired) electrons. The van der Waals surface area contributed by atoms with Crippen molar-refractivity contribution < 1.29 is 26.7 Å². The summed E-state index contributed by atoms with van der Waals surface area (Å²) in [6.45, 7) is 6.30. The largest absolute Gasteiger partial charge is 0.594 e. The van der Waals surface area contributed by atoms with Crippen LogP contribution in [0.4, 0.5) is 5.82 Å². The molecule has 2 aromatic carbocycles. The van der Waals surface area contributed by atoms with Gasteiger partial charge < -0.3 is 25.5 Å². The minimum atomic E-state index is -4.41. The molecule has 180 valence electrons. The second-order valence-electron chi connectivity index (χ2n) is 8.27. The van der Waals surface area contributed by atoms with Crippen LogP contribution >= 0.6 is 0 Å². The van der Waals surface area contributed by atoms with Crippen LogP contribution in [0.3, 0.4) is 0 Å². The summed E-state index contributed by atoms with van der Waals surface area (Å²) in [7, 11) is -2.91. The SMILES string of the molecule is COc1cccc(Oc2c(OCCN)ncnc2[N+](=[N-])S(=O)(=O)c2ccc(C(C)(C)C)cc2)c1. The number of nitrogens with two attached hydrogens (primary N) is 1. The molecule has 0 saturated carbocycles. The Morgan fingerprint density at radius 1 is 1.06 bits per heavy atom. The molecule has 0 atom stereocenters. The highest BCUT2D eigenvalue weighted by Gasteiger charge is 2.31. The molecule has 0 spiro atoms. The van der Waals surface area contributed by atoms with E-state index in [9.17, 15) is 13.9 Å². The summed E-state index contributed by atoms with van der Waals surface area (Å²) in [5.74, 6) is 0.0722. The molecule has 0 amide bonds.